The van der Waals surface area contributed by atoms with E-state index >= 15 is 0 Å². The molecular weight excluding hydrogens is 204 g/mol. The first-order valence-corrected chi connectivity index (χ1v) is 3.58. The Morgan fingerprint density at radius 3 is 2.43 bits per heavy atom. The van der Waals surface area contributed by atoms with Gasteiger partial charge in [0.25, 0.3) is 0 Å². The third-order valence-electron chi connectivity index (χ3n) is 1.46. The molecule has 0 aliphatic heterocycles. The van der Waals surface area contributed by atoms with E-state index in [-0.39, 0.29) is 5.56 Å². The fourth-order valence-electron chi connectivity index (χ4n) is 0.952. The maximum Gasteiger partial charge on any atom is 0.387 e. The van der Waals surface area contributed by atoms with Crippen molar-refractivity contribution in [2.24, 2.45) is 0 Å². The molecule has 78 valence electrons. The number of hydrogen-bond donors (Lipinski definition) is 1. The highest BCUT2D eigenvalue weighted by Gasteiger charge is 2.15. The summed E-state index contributed by atoms with van der Waals surface area (Å²) in [7, 11) is 0. The van der Waals surface area contributed by atoms with Crippen molar-refractivity contribution in [3.8, 4) is 5.75 Å². The molecule has 0 atom stereocenters. The molecule has 0 amide bonds. The zero-order valence-corrected chi connectivity index (χ0v) is 6.81. The summed E-state index contributed by atoms with van der Waals surface area (Å²) in [6.07, 6.45) is 0. The topological polar surface area (TPSA) is 29.5 Å². The molecule has 6 heteroatoms. The summed E-state index contributed by atoms with van der Waals surface area (Å²) in [5.74, 6) is -3.06. The van der Waals surface area contributed by atoms with Crippen LogP contribution in [-0.2, 0) is 6.61 Å². The number of rotatable bonds is 3. The molecule has 0 spiro atoms. The SMILES string of the molecule is OCc1cc(F)cc(F)c1OC(F)F. The Morgan fingerprint density at radius 1 is 1.29 bits per heavy atom. The van der Waals surface area contributed by atoms with Gasteiger partial charge in [-0.3, -0.25) is 0 Å². The summed E-state index contributed by atoms with van der Waals surface area (Å²) in [5, 5.41) is 8.62. The maximum atomic E-state index is 12.8. The van der Waals surface area contributed by atoms with Crippen molar-refractivity contribution in [3.05, 3.63) is 29.3 Å². The summed E-state index contributed by atoms with van der Waals surface area (Å²) < 4.78 is 52.7. The third kappa shape index (κ3) is 2.35. The second-order valence-corrected chi connectivity index (χ2v) is 2.41. The van der Waals surface area contributed by atoms with E-state index in [1.165, 1.54) is 0 Å². The van der Waals surface area contributed by atoms with Crippen LogP contribution in [0, 0.1) is 11.6 Å². The normalized spacial score (nSPS) is 10.7. The second kappa shape index (κ2) is 4.28. The van der Waals surface area contributed by atoms with Crippen molar-refractivity contribution in [2.45, 2.75) is 13.2 Å². The highest BCUT2D eigenvalue weighted by molar-refractivity contribution is 5.35. The summed E-state index contributed by atoms with van der Waals surface area (Å²) in [6.45, 7) is -4.00. The molecule has 0 heterocycles. The van der Waals surface area contributed by atoms with Crippen molar-refractivity contribution >= 4 is 0 Å². The number of benzene rings is 1. The smallest absolute Gasteiger partial charge is 0.387 e. The van der Waals surface area contributed by atoms with Gasteiger partial charge in [0, 0.05) is 11.6 Å². The van der Waals surface area contributed by atoms with Gasteiger partial charge in [-0.25, -0.2) is 8.78 Å². The molecule has 0 bridgehead atoms. The van der Waals surface area contributed by atoms with Gasteiger partial charge >= 0.3 is 6.61 Å². The van der Waals surface area contributed by atoms with Crippen LogP contribution in [0.5, 0.6) is 5.75 Å². The van der Waals surface area contributed by atoms with Gasteiger partial charge in [-0.15, -0.1) is 0 Å². The van der Waals surface area contributed by atoms with Gasteiger partial charge in [0.05, 0.1) is 6.61 Å². The predicted octanol–water partition coefficient (Wildman–Crippen LogP) is 2.06. The first kappa shape index (κ1) is 10.8. The molecule has 0 aliphatic carbocycles. The lowest BCUT2D eigenvalue weighted by Gasteiger charge is -2.09. The Kier molecular flexibility index (Phi) is 3.29. The third-order valence-corrected chi connectivity index (χ3v) is 1.46. The van der Waals surface area contributed by atoms with Crippen LogP contribution < -0.4 is 4.74 Å². The average molecular weight is 210 g/mol. The first-order chi connectivity index (χ1) is 6.54. The quantitative estimate of drug-likeness (QED) is 0.773. The molecular formula is C8H6F4O2. The van der Waals surface area contributed by atoms with Crippen LogP contribution in [0.2, 0.25) is 0 Å². The van der Waals surface area contributed by atoms with Crippen LogP contribution in [0.4, 0.5) is 17.6 Å². The molecule has 0 aromatic heterocycles. The fourth-order valence-corrected chi connectivity index (χ4v) is 0.952. The first-order valence-electron chi connectivity index (χ1n) is 3.58. The summed E-state index contributed by atoms with van der Waals surface area (Å²) in [6, 6.07) is 1.12. The van der Waals surface area contributed by atoms with E-state index in [2.05, 4.69) is 4.74 Å². The second-order valence-electron chi connectivity index (χ2n) is 2.41. The molecule has 2 nitrogen and oxygen atoms in total. The van der Waals surface area contributed by atoms with Crippen molar-refractivity contribution in [1.82, 2.24) is 0 Å². The van der Waals surface area contributed by atoms with E-state index in [0.717, 1.165) is 6.07 Å². The molecule has 0 unspecified atom stereocenters. The largest absolute Gasteiger partial charge is 0.431 e. The number of hydrogen-bond acceptors (Lipinski definition) is 2. The van der Waals surface area contributed by atoms with Gasteiger partial charge in [0.1, 0.15) is 5.82 Å². The molecule has 1 aromatic rings. The molecule has 0 radical (unpaired) electrons. The number of aliphatic hydroxyl groups excluding tert-OH is 1. The summed E-state index contributed by atoms with van der Waals surface area (Å²) in [4.78, 5) is 0. The van der Waals surface area contributed by atoms with Crippen molar-refractivity contribution < 1.29 is 27.4 Å². The monoisotopic (exact) mass is 210 g/mol. The molecule has 1 aromatic carbocycles. The van der Waals surface area contributed by atoms with E-state index in [9.17, 15) is 17.6 Å². The number of aliphatic hydroxyl groups is 1. The van der Waals surface area contributed by atoms with Gasteiger partial charge in [0.15, 0.2) is 11.6 Å². The van der Waals surface area contributed by atoms with Crippen LogP contribution >= 0.6 is 0 Å². The maximum absolute atomic E-state index is 12.8. The van der Waals surface area contributed by atoms with Crippen LogP contribution in [0.1, 0.15) is 5.56 Å². The van der Waals surface area contributed by atoms with Crippen LogP contribution in [0.15, 0.2) is 12.1 Å². The predicted molar refractivity (Wildman–Crippen MR) is 38.9 cm³/mol. The van der Waals surface area contributed by atoms with Gasteiger partial charge in [-0.2, -0.15) is 8.78 Å². The Balaban J connectivity index is 3.11. The minimum absolute atomic E-state index is 0.359. The van der Waals surface area contributed by atoms with Crippen LogP contribution in [0.25, 0.3) is 0 Å². The Hall–Kier alpha value is -1.30. The van der Waals surface area contributed by atoms with Gasteiger partial charge in [0.2, 0.25) is 0 Å². The summed E-state index contributed by atoms with van der Waals surface area (Å²) in [5.41, 5.74) is -0.359. The van der Waals surface area contributed by atoms with E-state index < -0.39 is 30.6 Å². The highest BCUT2D eigenvalue weighted by atomic mass is 19.3. The average Bonchev–Trinajstić information content (AvgIpc) is 2.08. The Bertz CT molecular complexity index is 327. The van der Waals surface area contributed by atoms with Crippen LogP contribution in [-0.4, -0.2) is 11.7 Å². The minimum atomic E-state index is -3.22. The minimum Gasteiger partial charge on any atom is -0.431 e. The molecule has 0 fully saturated rings. The molecule has 14 heavy (non-hydrogen) atoms. The van der Waals surface area contributed by atoms with Crippen molar-refractivity contribution in [1.29, 1.82) is 0 Å². The van der Waals surface area contributed by atoms with Gasteiger partial charge in [-0.1, -0.05) is 0 Å². The lowest BCUT2D eigenvalue weighted by molar-refractivity contribution is -0.0534. The van der Waals surface area contributed by atoms with E-state index in [1.807, 2.05) is 0 Å². The lowest BCUT2D eigenvalue weighted by atomic mass is 10.2. The Labute approximate surface area is 76.7 Å². The number of ether oxygens (including phenoxy) is 1. The molecule has 0 saturated carbocycles. The lowest BCUT2D eigenvalue weighted by Crippen LogP contribution is -2.07. The Morgan fingerprint density at radius 2 is 1.93 bits per heavy atom. The van der Waals surface area contributed by atoms with Crippen molar-refractivity contribution in [2.75, 3.05) is 0 Å². The molecule has 0 aliphatic rings. The van der Waals surface area contributed by atoms with Crippen LogP contribution in [0.3, 0.4) is 0 Å². The number of halogens is 4. The van der Waals surface area contributed by atoms with E-state index in [4.69, 9.17) is 5.11 Å². The van der Waals surface area contributed by atoms with Gasteiger partial charge in [-0.05, 0) is 6.07 Å². The summed E-state index contributed by atoms with van der Waals surface area (Å²) >= 11 is 0. The van der Waals surface area contributed by atoms with E-state index in [0.29, 0.717) is 6.07 Å². The van der Waals surface area contributed by atoms with E-state index in [1.54, 1.807) is 0 Å². The van der Waals surface area contributed by atoms with Gasteiger partial charge < -0.3 is 9.84 Å². The zero-order chi connectivity index (χ0) is 10.7. The molecule has 0 saturated heterocycles. The fraction of sp³-hybridized carbons (Fsp3) is 0.250. The molecule has 1 rings (SSSR count). The standard InChI is InChI=1S/C8H6F4O2/c9-5-1-4(3-13)7(6(10)2-5)14-8(11)12/h1-2,8,13H,3H2. The van der Waals surface area contributed by atoms with Crippen molar-refractivity contribution in [3.63, 3.8) is 0 Å². The number of alkyl halides is 2. The molecule has 1 N–H and O–H groups in total. The highest BCUT2D eigenvalue weighted by Crippen LogP contribution is 2.25. The zero-order valence-electron chi connectivity index (χ0n) is 6.81.